The number of unbranched alkanes of at least 4 members (excludes halogenated alkanes) is 23. The first-order valence-electron chi connectivity index (χ1n) is 27.7. The average Bonchev–Trinajstić information content (AvgIpc) is 3.29. The number of likely N-dealkylation sites (N-methyl/N-ethyl adjacent to an activating group) is 1. The minimum absolute atomic E-state index is 0.0307. The van der Waals surface area contributed by atoms with Crippen molar-refractivity contribution in [3.05, 3.63) is 72.9 Å². The van der Waals surface area contributed by atoms with E-state index >= 15 is 0 Å². The van der Waals surface area contributed by atoms with E-state index in [1.807, 2.05) is 33.3 Å². The fourth-order valence-electron chi connectivity index (χ4n) is 7.61. The van der Waals surface area contributed by atoms with Crippen LogP contribution in [0.25, 0.3) is 0 Å². The van der Waals surface area contributed by atoms with E-state index < -0.39 is 26.6 Å². The molecule has 68 heavy (non-hydrogen) atoms. The summed E-state index contributed by atoms with van der Waals surface area (Å²) in [7, 11) is 1.16. The molecule has 0 radical (unpaired) electrons. The Kier molecular flexibility index (Phi) is 46.3. The molecule has 0 aromatic rings. The summed E-state index contributed by atoms with van der Waals surface area (Å²) >= 11 is 0. The molecule has 0 bridgehead atoms. The summed E-state index contributed by atoms with van der Waals surface area (Å²) in [6, 6.07) is -0.904. The van der Waals surface area contributed by atoms with Crippen LogP contribution in [0.4, 0.5) is 0 Å². The Morgan fingerprint density at radius 1 is 0.529 bits per heavy atom. The van der Waals surface area contributed by atoms with E-state index in [9.17, 15) is 19.0 Å². The molecule has 394 valence electrons. The molecule has 3 atom stereocenters. The van der Waals surface area contributed by atoms with Crippen LogP contribution in [0.5, 0.6) is 0 Å². The van der Waals surface area contributed by atoms with Gasteiger partial charge in [0.25, 0.3) is 7.82 Å². The first-order valence-corrected chi connectivity index (χ1v) is 29.2. The van der Waals surface area contributed by atoms with Gasteiger partial charge in [0.1, 0.15) is 19.3 Å². The minimum Gasteiger partial charge on any atom is -0.756 e. The van der Waals surface area contributed by atoms with Crippen molar-refractivity contribution in [1.82, 2.24) is 5.32 Å². The maximum Gasteiger partial charge on any atom is 0.306 e. The standard InChI is InChI=1S/C58H105N2O7P/c1-7-10-13-16-19-22-25-27-28-29-30-31-32-33-36-38-41-44-47-50-57(61)59-55(54-66-68(63,64)65-53-52-60(4,5)6)56(49-46-43-40-37-35-26-23-20-17-14-11-8-2)67-58(62)51-48-45-42-39-34-24-21-18-15-12-9-3/h10,13,19,22,27-28,30-31,33,36,46,49,55-56H,7-9,11-12,14-18,20-21,23-26,29,32,34-35,37-45,47-48,50-54H2,1-6H3,(H-,59,61,63,64)/b13-10-,22-19-,28-27-,31-30-,36-33-,49-46-. The van der Waals surface area contributed by atoms with E-state index in [1.54, 1.807) is 0 Å². The molecule has 0 aliphatic rings. The smallest absolute Gasteiger partial charge is 0.306 e. The fourth-order valence-corrected chi connectivity index (χ4v) is 8.33. The van der Waals surface area contributed by atoms with E-state index in [1.165, 1.54) is 103 Å². The third-order valence-electron chi connectivity index (χ3n) is 11.9. The van der Waals surface area contributed by atoms with E-state index in [0.29, 0.717) is 17.4 Å². The molecule has 10 heteroatoms. The molecule has 0 rings (SSSR count). The summed E-state index contributed by atoms with van der Waals surface area (Å²) in [5.41, 5.74) is 0. The normalized spacial score (nSPS) is 14.4. The zero-order valence-electron chi connectivity index (χ0n) is 44.8. The lowest BCUT2D eigenvalue weighted by Crippen LogP contribution is -2.47. The Hall–Kier alpha value is -2.55. The Morgan fingerprint density at radius 3 is 1.43 bits per heavy atom. The summed E-state index contributed by atoms with van der Waals surface area (Å²) in [5.74, 6) is -0.581. The van der Waals surface area contributed by atoms with Crippen molar-refractivity contribution < 1.29 is 37.3 Å². The number of ether oxygens (including phenoxy) is 1. The van der Waals surface area contributed by atoms with Crippen molar-refractivity contribution in [3.63, 3.8) is 0 Å². The molecule has 3 unspecified atom stereocenters. The number of rotatable bonds is 49. The van der Waals surface area contributed by atoms with Crippen LogP contribution in [0.1, 0.15) is 233 Å². The summed E-state index contributed by atoms with van der Waals surface area (Å²) in [5, 5.41) is 3.00. The lowest BCUT2D eigenvalue weighted by molar-refractivity contribution is -0.870. The van der Waals surface area contributed by atoms with Gasteiger partial charge in [-0.2, -0.15) is 0 Å². The predicted octanol–water partition coefficient (Wildman–Crippen LogP) is 15.9. The third kappa shape index (κ3) is 48.5. The molecule has 0 spiro atoms. The van der Waals surface area contributed by atoms with Gasteiger partial charge in [0, 0.05) is 12.8 Å². The number of hydrogen-bond donors (Lipinski definition) is 1. The van der Waals surface area contributed by atoms with Crippen molar-refractivity contribution in [2.45, 2.75) is 245 Å². The predicted molar refractivity (Wildman–Crippen MR) is 288 cm³/mol. The van der Waals surface area contributed by atoms with Gasteiger partial charge in [-0.3, -0.25) is 14.2 Å². The third-order valence-corrected chi connectivity index (χ3v) is 12.9. The highest BCUT2D eigenvalue weighted by Gasteiger charge is 2.27. The van der Waals surface area contributed by atoms with Gasteiger partial charge < -0.3 is 28.5 Å². The average molecular weight is 973 g/mol. The SMILES string of the molecule is CC/C=C\C/C=C\C/C=C\C/C=C\C/C=C\CCCCCC(=O)NC(COP(=O)([O-])OCC[N+](C)(C)C)C(/C=C\CCCCCCCCCCCC)OC(=O)CCCCCCCCCCCCC. The molecule has 0 aromatic heterocycles. The van der Waals surface area contributed by atoms with Crippen molar-refractivity contribution in [3.8, 4) is 0 Å². The van der Waals surface area contributed by atoms with Crippen LogP contribution in [-0.4, -0.2) is 69.4 Å². The summed E-state index contributed by atoms with van der Waals surface area (Å²) in [6.45, 7) is 6.68. The van der Waals surface area contributed by atoms with Gasteiger partial charge in [0.05, 0.1) is 33.8 Å². The number of carbonyl (C=O) groups is 2. The van der Waals surface area contributed by atoms with Crippen LogP contribution in [0.2, 0.25) is 0 Å². The number of quaternary nitrogens is 1. The zero-order valence-corrected chi connectivity index (χ0v) is 45.7. The van der Waals surface area contributed by atoms with Gasteiger partial charge in [-0.05, 0) is 76.7 Å². The van der Waals surface area contributed by atoms with Gasteiger partial charge in [0.15, 0.2) is 0 Å². The van der Waals surface area contributed by atoms with Crippen LogP contribution in [0.3, 0.4) is 0 Å². The quantitative estimate of drug-likeness (QED) is 0.0212. The largest absolute Gasteiger partial charge is 0.756 e. The van der Waals surface area contributed by atoms with Gasteiger partial charge >= 0.3 is 5.97 Å². The van der Waals surface area contributed by atoms with Gasteiger partial charge in [0.2, 0.25) is 5.91 Å². The number of hydrogen-bond acceptors (Lipinski definition) is 7. The minimum atomic E-state index is -4.70. The second kappa shape index (κ2) is 48.1. The summed E-state index contributed by atoms with van der Waals surface area (Å²) in [4.78, 5) is 39.7. The molecule has 0 saturated carbocycles. The van der Waals surface area contributed by atoms with Crippen LogP contribution < -0.4 is 10.2 Å². The molecule has 0 heterocycles. The number of carbonyl (C=O) groups excluding carboxylic acids is 2. The number of nitrogens with one attached hydrogen (secondary N) is 1. The molecule has 0 aliphatic heterocycles. The first-order chi connectivity index (χ1) is 32.9. The highest BCUT2D eigenvalue weighted by molar-refractivity contribution is 7.45. The molecule has 1 amide bonds. The number of allylic oxidation sites excluding steroid dienone is 11. The van der Waals surface area contributed by atoms with E-state index in [0.717, 1.165) is 89.9 Å². The summed E-state index contributed by atoms with van der Waals surface area (Å²) < 4.78 is 30.1. The molecule has 0 aromatic carbocycles. The molecule has 9 nitrogen and oxygen atoms in total. The molecule has 1 N–H and O–H groups in total. The maximum atomic E-state index is 13.4. The van der Waals surface area contributed by atoms with Crippen LogP contribution in [0.15, 0.2) is 72.9 Å². The Bertz CT molecular complexity index is 1400. The highest BCUT2D eigenvalue weighted by atomic mass is 31.2. The number of phosphoric ester groups is 1. The Morgan fingerprint density at radius 2 is 0.941 bits per heavy atom. The van der Waals surface area contributed by atoms with Gasteiger partial charge in [-0.1, -0.05) is 216 Å². The monoisotopic (exact) mass is 973 g/mol. The summed E-state index contributed by atoms with van der Waals surface area (Å²) in [6.07, 6.45) is 60.1. The van der Waals surface area contributed by atoms with Gasteiger partial charge in [-0.15, -0.1) is 0 Å². The number of phosphoric acid groups is 1. The Balaban J connectivity index is 5.40. The number of nitrogens with zero attached hydrogens (tertiary/aromatic N) is 1. The Labute approximate surface area is 419 Å². The van der Waals surface area contributed by atoms with E-state index in [2.05, 4.69) is 86.8 Å². The lowest BCUT2D eigenvalue weighted by Gasteiger charge is -2.30. The second-order valence-electron chi connectivity index (χ2n) is 19.7. The van der Waals surface area contributed by atoms with Crippen molar-refractivity contribution in [1.29, 1.82) is 0 Å². The second-order valence-corrected chi connectivity index (χ2v) is 21.1. The fraction of sp³-hybridized carbons (Fsp3) is 0.759. The van der Waals surface area contributed by atoms with Gasteiger partial charge in [-0.25, -0.2) is 0 Å². The molecule has 0 saturated heterocycles. The first kappa shape index (κ1) is 65.5. The molecular formula is C58H105N2O7P. The number of esters is 1. The van der Waals surface area contributed by atoms with Crippen molar-refractivity contribution in [2.75, 3.05) is 40.9 Å². The van der Waals surface area contributed by atoms with Crippen molar-refractivity contribution in [2.24, 2.45) is 0 Å². The number of amides is 1. The van der Waals surface area contributed by atoms with Crippen LogP contribution >= 0.6 is 7.82 Å². The maximum absolute atomic E-state index is 13.4. The molecule has 0 fully saturated rings. The lowest BCUT2D eigenvalue weighted by atomic mass is 10.0. The highest BCUT2D eigenvalue weighted by Crippen LogP contribution is 2.38. The van der Waals surface area contributed by atoms with Crippen LogP contribution in [0, 0.1) is 0 Å². The van der Waals surface area contributed by atoms with E-state index in [-0.39, 0.29) is 31.3 Å². The molecule has 0 aliphatic carbocycles. The molecular weight excluding hydrogens is 868 g/mol. The van der Waals surface area contributed by atoms with E-state index in [4.69, 9.17) is 13.8 Å². The van der Waals surface area contributed by atoms with Crippen molar-refractivity contribution >= 4 is 19.7 Å². The van der Waals surface area contributed by atoms with Crippen LogP contribution in [-0.2, 0) is 27.9 Å². The topological polar surface area (TPSA) is 114 Å². The zero-order chi connectivity index (χ0) is 50.1.